The van der Waals surface area contributed by atoms with Gasteiger partial charge in [-0.25, -0.2) is 4.39 Å². The SMILES string of the molecule is Oc1ccc2c(c1)CCC2Nc1cc(Cl)c(F)c(Cl)c1. The predicted octanol–water partition coefficient (Wildman–Crippen LogP) is 4.94. The van der Waals surface area contributed by atoms with Crippen LogP contribution in [0.15, 0.2) is 30.3 Å². The minimum atomic E-state index is -0.601. The van der Waals surface area contributed by atoms with Crippen LogP contribution in [0.2, 0.25) is 10.0 Å². The van der Waals surface area contributed by atoms with Crippen molar-refractivity contribution in [2.24, 2.45) is 0 Å². The Morgan fingerprint density at radius 3 is 2.55 bits per heavy atom. The highest BCUT2D eigenvalue weighted by atomic mass is 35.5. The van der Waals surface area contributed by atoms with E-state index in [1.165, 1.54) is 12.1 Å². The number of phenolic OH excluding ortho intramolecular Hbond substituents is 1. The molecule has 1 aliphatic carbocycles. The van der Waals surface area contributed by atoms with E-state index in [1.54, 1.807) is 12.1 Å². The summed E-state index contributed by atoms with van der Waals surface area (Å²) in [5, 5.41) is 12.8. The van der Waals surface area contributed by atoms with E-state index in [0.29, 0.717) is 5.69 Å². The Hall–Kier alpha value is -1.45. The maximum Gasteiger partial charge on any atom is 0.160 e. The summed E-state index contributed by atoms with van der Waals surface area (Å²) >= 11 is 11.6. The first-order valence-corrected chi connectivity index (χ1v) is 7.03. The predicted molar refractivity (Wildman–Crippen MR) is 79.2 cm³/mol. The van der Waals surface area contributed by atoms with Gasteiger partial charge in [0.15, 0.2) is 5.82 Å². The molecule has 1 atom stereocenters. The summed E-state index contributed by atoms with van der Waals surface area (Å²) in [5.41, 5.74) is 2.95. The summed E-state index contributed by atoms with van der Waals surface area (Å²) in [4.78, 5) is 0. The molecule has 3 rings (SSSR count). The second kappa shape index (κ2) is 5.15. The van der Waals surface area contributed by atoms with E-state index < -0.39 is 5.82 Å². The summed E-state index contributed by atoms with van der Waals surface area (Å²) in [6.07, 6.45) is 1.80. The standard InChI is InChI=1S/C15H12Cl2FNO/c16-12-6-9(7-13(17)15(12)18)19-14-4-1-8-5-10(20)2-3-11(8)14/h2-3,5-7,14,19-20H,1,4H2. The molecule has 2 aromatic carbocycles. The third kappa shape index (κ3) is 2.43. The Balaban J connectivity index is 1.87. The Morgan fingerprint density at radius 2 is 1.85 bits per heavy atom. The molecule has 0 spiro atoms. The van der Waals surface area contributed by atoms with E-state index in [2.05, 4.69) is 5.32 Å². The fraction of sp³-hybridized carbons (Fsp3) is 0.200. The van der Waals surface area contributed by atoms with Crippen molar-refractivity contribution < 1.29 is 9.50 Å². The van der Waals surface area contributed by atoms with Gasteiger partial charge in [0.2, 0.25) is 0 Å². The number of anilines is 1. The number of aryl methyl sites for hydroxylation is 1. The molecule has 0 saturated carbocycles. The van der Waals surface area contributed by atoms with Crippen LogP contribution in [0.3, 0.4) is 0 Å². The van der Waals surface area contributed by atoms with Crippen LogP contribution in [0.1, 0.15) is 23.6 Å². The third-order valence-corrected chi connectivity index (χ3v) is 4.08. The van der Waals surface area contributed by atoms with Gasteiger partial charge < -0.3 is 10.4 Å². The summed E-state index contributed by atoms with van der Waals surface area (Å²) < 4.78 is 13.4. The van der Waals surface area contributed by atoms with Crippen LogP contribution in [0.4, 0.5) is 10.1 Å². The Bertz CT molecular complexity index is 652. The summed E-state index contributed by atoms with van der Waals surface area (Å²) in [5.74, 6) is -0.326. The smallest absolute Gasteiger partial charge is 0.160 e. The number of phenols is 1. The van der Waals surface area contributed by atoms with E-state index in [0.717, 1.165) is 24.0 Å². The molecule has 0 saturated heterocycles. The maximum absolute atomic E-state index is 13.4. The molecule has 1 aliphatic rings. The molecule has 0 bridgehead atoms. The lowest BCUT2D eigenvalue weighted by Crippen LogP contribution is -2.07. The molecule has 104 valence electrons. The zero-order valence-electron chi connectivity index (χ0n) is 10.5. The van der Waals surface area contributed by atoms with Crippen LogP contribution in [-0.4, -0.2) is 5.11 Å². The van der Waals surface area contributed by atoms with Crippen molar-refractivity contribution in [1.82, 2.24) is 0 Å². The average molecular weight is 312 g/mol. The van der Waals surface area contributed by atoms with Gasteiger partial charge in [0.05, 0.1) is 16.1 Å². The fourth-order valence-electron chi connectivity index (χ4n) is 2.59. The monoisotopic (exact) mass is 311 g/mol. The molecule has 0 heterocycles. The summed E-state index contributed by atoms with van der Waals surface area (Å²) in [6.45, 7) is 0. The topological polar surface area (TPSA) is 32.3 Å². The van der Waals surface area contributed by atoms with Crippen molar-refractivity contribution in [3.05, 3.63) is 57.3 Å². The highest BCUT2D eigenvalue weighted by Gasteiger charge is 2.23. The molecular weight excluding hydrogens is 300 g/mol. The number of aromatic hydroxyl groups is 1. The number of hydrogen-bond acceptors (Lipinski definition) is 2. The highest BCUT2D eigenvalue weighted by Crippen LogP contribution is 2.37. The lowest BCUT2D eigenvalue weighted by atomic mass is 10.1. The van der Waals surface area contributed by atoms with Crippen LogP contribution < -0.4 is 5.32 Å². The lowest BCUT2D eigenvalue weighted by Gasteiger charge is -2.16. The van der Waals surface area contributed by atoms with Gasteiger partial charge in [0.25, 0.3) is 0 Å². The molecular formula is C15H12Cl2FNO. The molecule has 5 heteroatoms. The van der Waals surface area contributed by atoms with Gasteiger partial charge >= 0.3 is 0 Å². The molecule has 2 N–H and O–H groups in total. The number of rotatable bonds is 2. The van der Waals surface area contributed by atoms with Gasteiger partial charge in [-0.15, -0.1) is 0 Å². The first-order valence-electron chi connectivity index (χ1n) is 6.27. The van der Waals surface area contributed by atoms with Crippen molar-refractivity contribution in [3.63, 3.8) is 0 Å². The average Bonchev–Trinajstić information content (AvgIpc) is 2.78. The zero-order chi connectivity index (χ0) is 14.3. The largest absolute Gasteiger partial charge is 0.508 e. The molecule has 2 aromatic rings. The van der Waals surface area contributed by atoms with Gasteiger partial charge in [0, 0.05) is 5.69 Å². The van der Waals surface area contributed by atoms with Gasteiger partial charge in [-0.1, -0.05) is 29.3 Å². The van der Waals surface area contributed by atoms with Crippen LogP contribution in [0, 0.1) is 5.82 Å². The van der Waals surface area contributed by atoms with Crippen LogP contribution in [0.5, 0.6) is 5.75 Å². The minimum absolute atomic E-state index is 0.00364. The van der Waals surface area contributed by atoms with Crippen molar-refractivity contribution in [2.45, 2.75) is 18.9 Å². The second-order valence-corrected chi connectivity index (χ2v) is 5.69. The lowest BCUT2D eigenvalue weighted by molar-refractivity contribution is 0.474. The highest BCUT2D eigenvalue weighted by molar-refractivity contribution is 6.35. The Kier molecular flexibility index (Phi) is 3.48. The van der Waals surface area contributed by atoms with E-state index in [9.17, 15) is 9.50 Å². The van der Waals surface area contributed by atoms with Crippen molar-refractivity contribution in [1.29, 1.82) is 0 Å². The van der Waals surface area contributed by atoms with Gasteiger partial charge in [-0.2, -0.15) is 0 Å². The normalized spacial score (nSPS) is 17.1. The van der Waals surface area contributed by atoms with Crippen molar-refractivity contribution >= 4 is 28.9 Å². The number of fused-ring (bicyclic) bond motifs is 1. The number of halogens is 3. The number of benzene rings is 2. The summed E-state index contributed by atoms with van der Waals surface area (Å²) in [7, 11) is 0. The first kappa shape index (κ1) is 13.5. The molecule has 1 unspecified atom stereocenters. The van der Waals surface area contributed by atoms with Gasteiger partial charge in [0.1, 0.15) is 5.75 Å². The molecule has 0 aliphatic heterocycles. The minimum Gasteiger partial charge on any atom is -0.508 e. The first-order chi connectivity index (χ1) is 9.54. The van der Waals surface area contributed by atoms with E-state index in [4.69, 9.17) is 23.2 Å². The van der Waals surface area contributed by atoms with E-state index >= 15 is 0 Å². The van der Waals surface area contributed by atoms with E-state index in [-0.39, 0.29) is 21.8 Å². The molecule has 0 radical (unpaired) electrons. The van der Waals surface area contributed by atoms with E-state index in [1.807, 2.05) is 6.07 Å². The second-order valence-electron chi connectivity index (χ2n) is 4.87. The molecule has 0 fully saturated rings. The molecule has 0 amide bonds. The number of nitrogens with one attached hydrogen (secondary N) is 1. The van der Waals surface area contributed by atoms with Gasteiger partial charge in [-0.3, -0.25) is 0 Å². The Labute approximate surface area is 126 Å². The van der Waals surface area contributed by atoms with Gasteiger partial charge in [-0.05, 0) is 48.2 Å². The number of hydrogen-bond donors (Lipinski definition) is 2. The molecule has 2 nitrogen and oxygen atoms in total. The molecule has 0 aromatic heterocycles. The third-order valence-electron chi connectivity index (χ3n) is 3.53. The zero-order valence-corrected chi connectivity index (χ0v) is 12.0. The quantitative estimate of drug-likeness (QED) is 0.770. The fourth-order valence-corrected chi connectivity index (χ4v) is 3.08. The van der Waals surface area contributed by atoms with Crippen LogP contribution in [0.25, 0.3) is 0 Å². The van der Waals surface area contributed by atoms with Crippen LogP contribution >= 0.6 is 23.2 Å². The maximum atomic E-state index is 13.4. The summed E-state index contributed by atoms with van der Waals surface area (Å²) in [6, 6.07) is 8.53. The Morgan fingerprint density at radius 1 is 1.15 bits per heavy atom. The molecule has 20 heavy (non-hydrogen) atoms. The van der Waals surface area contributed by atoms with Crippen molar-refractivity contribution in [2.75, 3.05) is 5.32 Å². The van der Waals surface area contributed by atoms with Crippen molar-refractivity contribution in [3.8, 4) is 5.75 Å². The van der Waals surface area contributed by atoms with Crippen LogP contribution in [-0.2, 0) is 6.42 Å².